The Kier molecular flexibility index (Phi) is 5.14. The molecule has 0 bridgehead atoms. The van der Waals surface area contributed by atoms with Crippen LogP contribution in [0.1, 0.15) is 37.2 Å². The molecule has 4 rings (SSSR count). The maximum atomic E-state index is 12.5. The predicted molar refractivity (Wildman–Crippen MR) is 117 cm³/mol. The van der Waals surface area contributed by atoms with Crippen molar-refractivity contribution in [3.8, 4) is 0 Å². The fourth-order valence-electron chi connectivity index (χ4n) is 3.89. The highest BCUT2D eigenvalue weighted by Gasteiger charge is 2.14. The Labute approximate surface area is 170 Å². The number of furan rings is 1. The van der Waals surface area contributed by atoms with Crippen molar-refractivity contribution in [2.75, 3.05) is 5.32 Å². The van der Waals surface area contributed by atoms with Gasteiger partial charge in [0.1, 0.15) is 11.2 Å². The molecule has 0 radical (unpaired) electrons. The molecule has 5 nitrogen and oxygen atoms in total. The smallest absolute Gasteiger partial charge is 0.224 e. The van der Waals surface area contributed by atoms with Crippen LogP contribution < -0.4 is 5.32 Å². The van der Waals surface area contributed by atoms with E-state index in [9.17, 15) is 4.79 Å². The van der Waals surface area contributed by atoms with E-state index >= 15 is 0 Å². The molecule has 0 aliphatic heterocycles. The fraction of sp³-hybridized carbons (Fsp3) is 0.333. The zero-order valence-electron chi connectivity index (χ0n) is 17.5. The molecule has 2 aromatic heterocycles. The van der Waals surface area contributed by atoms with Crippen molar-refractivity contribution < 1.29 is 9.21 Å². The summed E-state index contributed by atoms with van der Waals surface area (Å²) in [5.74, 6) is 0.535. The summed E-state index contributed by atoms with van der Waals surface area (Å²) in [4.78, 5) is 12.5. The number of nitrogens with zero attached hydrogens (tertiary/aromatic N) is 2. The lowest BCUT2D eigenvalue weighted by molar-refractivity contribution is -0.116. The third-order valence-corrected chi connectivity index (χ3v) is 5.33. The van der Waals surface area contributed by atoms with E-state index in [4.69, 9.17) is 4.42 Å². The van der Waals surface area contributed by atoms with Crippen LogP contribution in [-0.2, 0) is 17.8 Å². The van der Waals surface area contributed by atoms with Gasteiger partial charge in [0.05, 0.1) is 5.69 Å². The fourth-order valence-corrected chi connectivity index (χ4v) is 3.89. The van der Waals surface area contributed by atoms with Gasteiger partial charge in [0, 0.05) is 41.2 Å². The van der Waals surface area contributed by atoms with Crippen LogP contribution in [-0.4, -0.2) is 15.7 Å². The summed E-state index contributed by atoms with van der Waals surface area (Å²) in [6.07, 6.45) is 1.11. The number of hydrogen-bond acceptors (Lipinski definition) is 3. The van der Waals surface area contributed by atoms with Gasteiger partial charge < -0.3 is 9.73 Å². The summed E-state index contributed by atoms with van der Waals surface area (Å²) in [7, 11) is 0. The van der Waals surface area contributed by atoms with Crippen LogP contribution >= 0.6 is 0 Å². The first-order valence-corrected chi connectivity index (χ1v) is 10.2. The van der Waals surface area contributed by atoms with E-state index in [1.54, 1.807) is 0 Å². The number of nitrogens with one attached hydrogen (secondary N) is 1. The largest absolute Gasteiger partial charge is 0.456 e. The van der Waals surface area contributed by atoms with Gasteiger partial charge >= 0.3 is 0 Å². The van der Waals surface area contributed by atoms with E-state index in [0.717, 1.165) is 45.6 Å². The van der Waals surface area contributed by atoms with Crippen LogP contribution in [0.5, 0.6) is 0 Å². The molecule has 4 aromatic rings. The predicted octanol–water partition coefficient (Wildman–Crippen LogP) is 5.63. The van der Waals surface area contributed by atoms with Gasteiger partial charge in [0.15, 0.2) is 0 Å². The molecule has 0 aliphatic carbocycles. The van der Waals surface area contributed by atoms with Gasteiger partial charge in [-0.05, 0) is 49.9 Å². The second-order valence-corrected chi connectivity index (χ2v) is 8.08. The van der Waals surface area contributed by atoms with Crippen LogP contribution in [0.15, 0.2) is 46.9 Å². The lowest BCUT2D eigenvalue weighted by atomic mass is 10.1. The van der Waals surface area contributed by atoms with Gasteiger partial charge in [-0.25, -0.2) is 0 Å². The zero-order chi connectivity index (χ0) is 20.5. The number of carbonyl (C=O) groups excluding carboxylic acids is 1. The number of rotatable bonds is 6. The molecule has 1 amide bonds. The average Bonchev–Trinajstić information content (AvgIpc) is 3.16. The van der Waals surface area contributed by atoms with Gasteiger partial charge in [-0.2, -0.15) is 5.10 Å². The second kappa shape index (κ2) is 7.74. The highest BCUT2D eigenvalue weighted by atomic mass is 16.3. The van der Waals surface area contributed by atoms with Gasteiger partial charge in [0.2, 0.25) is 5.91 Å². The first-order valence-electron chi connectivity index (χ1n) is 10.2. The summed E-state index contributed by atoms with van der Waals surface area (Å²) >= 11 is 0. The molecule has 2 aromatic carbocycles. The quantitative estimate of drug-likeness (QED) is 0.465. The number of benzene rings is 2. The molecule has 0 spiro atoms. The topological polar surface area (TPSA) is 60.1 Å². The zero-order valence-corrected chi connectivity index (χ0v) is 17.5. The number of amides is 1. The molecule has 0 saturated carbocycles. The van der Waals surface area contributed by atoms with E-state index in [0.29, 0.717) is 18.8 Å². The molecule has 29 heavy (non-hydrogen) atoms. The lowest BCUT2D eigenvalue weighted by Gasteiger charge is -2.08. The number of anilines is 1. The molecule has 0 aliphatic rings. The molecule has 5 heteroatoms. The summed E-state index contributed by atoms with van der Waals surface area (Å²) in [5, 5.41) is 9.79. The Morgan fingerprint density at radius 2 is 1.86 bits per heavy atom. The number of aryl methyl sites for hydroxylation is 1. The summed E-state index contributed by atoms with van der Waals surface area (Å²) in [5.41, 5.74) is 5.74. The number of hydrogen-bond donors (Lipinski definition) is 1. The van der Waals surface area contributed by atoms with Gasteiger partial charge in [-0.15, -0.1) is 0 Å². The minimum absolute atomic E-state index is 0.00382. The van der Waals surface area contributed by atoms with E-state index < -0.39 is 0 Å². The van der Waals surface area contributed by atoms with Crippen LogP contribution in [0.4, 0.5) is 5.69 Å². The SMILES string of the molecule is Cc1nn(CC(C)C)c(C)c1CCC(=O)Nc1ccc2c(c1)oc1ccccc12. The number of carbonyl (C=O) groups is 1. The van der Waals surface area contributed by atoms with E-state index in [-0.39, 0.29) is 5.91 Å². The molecule has 0 saturated heterocycles. The highest BCUT2D eigenvalue weighted by molar-refractivity contribution is 6.06. The third-order valence-electron chi connectivity index (χ3n) is 5.33. The Bertz CT molecular complexity index is 1180. The van der Waals surface area contributed by atoms with Crippen LogP contribution in [0.25, 0.3) is 21.9 Å². The summed E-state index contributed by atoms with van der Waals surface area (Å²) in [6.45, 7) is 9.37. The second-order valence-electron chi connectivity index (χ2n) is 8.08. The molecule has 150 valence electrons. The average molecular weight is 389 g/mol. The summed E-state index contributed by atoms with van der Waals surface area (Å²) < 4.78 is 7.97. The van der Waals surface area contributed by atoms with Crippen molar-refractivity contribution in [2.24, 2.45) is 5.92 Å². The monoisotopic (exact) mass is 389 g/mol. The first-order chi connectivity index (χ1) is 13.9. The van der Waals surface area contributed by atoms with Crippen LogP contribution in [0.2, 0.25) is 0 Å². The van der Waals surface area contributed by atoms with Crippen molar-refractivity contribution in [2.45, 2.75) is 47.1 Å². The number of fused-ring (bicyclic) bond motifs is 3. The van der Waals surface area contributed by atoms with Crippen LogP contribution in [0, 0.1) is 19.8 Å². The Balaban J connectivity index is 1.45. The highest BCUT2D eigenvalue weighted by Crippen LogP contribution is 2.30. The molecule has 0 atom stereocenters. The van der Waals surface area contributed by atoms with Crippen LogP contribution in [0.3, 0.4) is 0 Å². The minimum atomic E-state index is -0.00382. The Hall–Kier alpha value is -3.08. The first kappa shape index (κ1) is 19.2. The molecular formula is C24H27N3O2. The van der Waals surface area contributed by atoms with Crippen molar-refractivity contribution in [3.05, 3.63) is 59.4 Å². The van der Waals surface area contributed by atoms with Crippen molar-refractivity contribution >= 4 is 33.5 Å². The van der Waals surface area contributed by atoms with Crippen molar-refractivity contribution in [1.29, 1.82) is 0 Å². The Morgan fingerprint density at radius 3 is 2.66 bits per heavy atom. The van der Waals surface area contributed by atoms with Gasteiger partial charge in [-0.3, -0.25) is 9.48 Å². The van der Waals surface area contributed by atoms with Crippen molar-refractivity contribution in [3.63, 3.8) is 0 Å². The molecule has 0 fully saturated rings. The van der Waals surface area contributed by atoms with E-state index in [2.05, 4.69) is 35.9 Å². The Morgan fingerprint density at radius 1 is 1.10 bits per heavy atom. The maximum Gasteiger partial charge on any atom is 0.224 e. The van der Waals surface area contributed by atoms with Gasteiger partial charge in [-0.1, -0.05) is 32.0 Å². The van der Waals surface area contributed by atoms with Crippen molar-refractivity contribution in [1.82, 2.24) is 9.78 Å². The molecular weight excluding hydrogens is 362 g/mol. The third kappa shape index (κ3) is 3.90. The van der Waals surface area contributed by atoms with E-state index in [1.807, 2.05) is 49.4 Å². The van der Waals surface area contributed by atoms with E-state index in [1.165, 1.54) is 5.56 Å². The maximum absolute atomic E-state index is 12.5. The normalized spacial score (nSPS) is 11.6. The van der Waals surface area contributed by atoms with Gasteiger partial charge in [0.25, 0.3) is 0 Å². The molecule has 2 heterocycles. The minimum Gasteiger partial charge on any atom is -0.456 e. The molecule has 0 unspecified atom stereocenters. The lowest BCUT2D eigenvalue weighted by Crippen LogP contribution is -2.13. The standard InChI is InChI=1S/C24H27N3O2/c1-15(2)14-27-17(4)19(16(3)26-27)11-12-24(28)25-18-9-10-21-20-7-5-6-8-22(20)29-23(21)13-18/h5-10,13,15H,11-12,14H2,1-4H3,(H,25,28). The summed E-state index contributed by atoms with van der Waals surface area (Å²) in [6, 6.07) is 13.8. The number of aromatic nitrogens is 2. The molecule has 1 N–H and O–H groups in total. The number of para-hydroxylation sites is 1.